The van der Waals surface area contributed by atoms with Crippen molar-refractivity contribution >= 4 is 17.1 Å². The molecule has 0 atom stereocenters. The molecule has 0 N–H and O–H groups in total. The molecule has 0 bridgehead atoms. The van der Waals surface area contributed by atoms with Gasteiger partial charge < -0.3 is 9.64 Å². The zero-order valence-corrected chi connectivity index (χ0v) is 39.2. The Morgan fingerprint density at radius 3 is 1.23 bits per heavy atom. The van der Waals surface area contributed by atoms with Crippen molar-refractivity contribution < 1.29 is 4.74 Å². The summed E-state index contributed by atoms with van der Waals surface area (Å²) in [6.07, 6.45) is 0. The topological polar surface area (TPSA) is 12.5 Å². The van der Waals surface area contributed by atoms with Gasteiger partial charge in [-0.05, 0) is 144 Å². The van der Waals surface area contributed by atoms with Crippen LogP contribution < -0.4 is 9.64 Å². The predicted molar refractivity (Wildman–Crippen MR) is 285 cm³/mol. The molecule has 0 fully saturated rings. The molecule has 10 aromatic carbocycles. The Labute approximate surface area is 404 Å². The van der Waals surface area contributed by atoms with Crippen LogP contribution in [-0.2, 0) is 16.2 Å². The number of ether oxygens (including phenoxy) is 1. The van der Waals surface area contributed by atoms with E-state index in [1.165, 1.54) is 77.9 Å². The molecule has 2 nitrogen and oxygen atoms in total. The lowest BCUT2D eigenvalue weighted by molar-refractivity contribution is 0.435. The molecular weight excluding hydrogens is 835 g/mol. The zero-order chi connectivity index (χ0) is 46.2. The molecule has 0 radical (unpaired) electrons. The van der Waals surface area contributed by atoms with Crippen LogP contribution in [0.5, 0.6) is 11.5 Å². The first-order valence-corrected chi connectivity index (χ1v) is 24.3. The number of hydrogen-bond acceptors (Lipinski definition) is 2. The summed E-state index contributed by atoms with van der Waals surface area (Å²) in [5.74, 6) is 1.75. The molecule has 1 spiro atoms. The molecule has 1 aliphatic heterocycles. The van der Waals surface area contributed by atoms with Gasteiger partial charge in [0.1, 0.15) is 11.5 Å². The van der Waals surface area contributed by atoms with E-state index in [2.05, 4.69) is 257 Å². The average molecular weight is 884 g/mol. The summed E-state index contributed by atoms with van der Waals surface area (Å²) >= 11 is 0. The van der Waals surface area contributed by atoms with Crippen LogP contribution >= 0.6 is 0 Å². The Balaban J connectivity index is 0.978. The first-order chi connectivity index (χ1) is 33.7. The molecule has 328 valence electrons. The van der Waals surface area contributed by atoms with Gasteiger partial charge in [-0.1, -0.05) is 198 Å². The number of nitrogens with zero attached hydrogens (tertiary/aromatic N) is 1. The molecule has 69 heavy (non-hydrogen) atoms. The van der Waals surface area contributed by atoms with Gasteiger partial charge in [-0.15, -0.1) is 0 Å². The van der Waals surface area contributed by atoms with Gasteiger partial charge in [0.15, 0.2) is 0 Å². The van der Waals surface area contributed by atoms with Gasteiger partial charge in [-0.2, -0.15) is 0 Å². The van der Waals surface area contributed by atoms with E-state index in [0.29, 0.717) is 0 Å². The Bertz CT molecular complexity index is 3620. The quantitative estimate of drug-likeness (QED) is 0.175. The molecule has 10 aromatic rings. The molecule has 4 aliphatic rings. The maximum Gasteiger partial charge on any atom is 0.132 e. The summed E-state index contributed by atoms with van der Waals surface area (Å²) in [7, 11) is 0. The normalized spacial score (nSPS) is 15.1. The SMILES string of the molecule is CC1(C)c2ccccc2-c2ccc(N(c3cccc(-c4ccc5c(c4)C4(c6ccccc6O5)c5ccccc5-c5ccccc5-c5ccccc54)c3)c3ccc4c(c3)C(C)(C)c3ccccc3-4)cc21. The molecule has 2 heteroatoms. The van der Waals surface area contributed by atoms with Crippen LogP contribution in [0.1, 0.15) is 72.2 Å². The molecule has 0 aromatic heterocycles. The predicted octanol–water partition coefficient (Wildman–Crippen LogP) is 17.6. The summed E-state index contributed by atoms with van der Waals surface area (Å²) in [4.78, 5) is 2.48. The van der Waals surface area contributed by atoms with Gasteiger partial charge in [0.25, 0.3) is 0 Å². The second-order valence-corrected chi connectivity index (χ2v) is 20.4. The second-order valence-electron chi connectivity index (χ2n) is 20.4. The standard InChI is InChI=1S/C67H49NO/c1-65(2)55-26-11-7-24-51(55)53-35-33-45(40-60(53)65)68(46-34-36-54-52-25-8-12-27-56(52)66(3,4)61(54)41-46)44-19-17-18-42(38-44)43-32-37-64-62(39-43)67(59-30-15-16-31-63(59)69-64)57-28-13-9-22-49(57)47-20-5-6-21-48(47)50-23-10-14-29-58(50)67/h5-41H,1-4H3. The van der Waals surface area contributed by atoms with Crippen molar-refractivity contribution in [1.29, 1.82) is 0 Å². The van der Waals surface area contributed by atoms with Crippen molar-refractivity contribution in [3.05, 3.63) is 269 Å². The summed E-state index contributed by atoms with van der Waals surface area (Å²) < 4.78 is 6.97. The fraction of sp³-hybridized carbons (Fsp3) is 0.104. The van der Waals surface area contributed by atoms with Gasteiger partial charge >= 0.3 is 0 Å². The number of anilines is 3. The first kappa shape index (κ1) is 39.9. The van der Waals surface area contributed by atoms with Crippen LogP contribution in [0.25, 0.3) is 55.6 Å². The Morgan fingerprint density at radius 2 is 0.681 bits per heavy atom. The monoisotopic (exact) mass is 883 g/mol. The second kappa shape index (κ2) is 14.4. The van der Waals surface area contributed by atoms with Crippen molar-refractivity contribution in [1.82, 2.24) is 0 Å². The molecule has 0 saturated heterocycles. The number of fused-ring (bicyclic) bond motifs is 17. The minimum atomic E-state index is -0.681. The number of rotatable bonds is 4. The summed E-state index contributed by atoms with van der Waals surface area (Å²) in [5.41, 5.74) is 25.1. The Kier molecular flexibility index (Phi) is 8.33. The van der Waals surface area contributed by atoms with E-state index < -0.39 is 5.41 Å². The van der Waals surface area contributed by atoms with Gasteiger partial charge in [0.05, 0.1) is 5.41 Å². The maximum atomic E-state index is 6.97. The molecule has 0 saturated carbocycles. The summed E-state index contributed by atoms with van der Waals surface area (Å²) in [6.45, 7) is 9.49. The van der Waals surface area contributed by atoms with E-state index in [4.69, 9.17) is 4.74 Å². The van der Waals surface area contributed by atoms with Crippen LogP contribution in [-0.4, -0.2) is 0 Å². The van der Waals surface area contributed by atoms with Crippen LogP contribution in [0.3, 0.4) is 0 Å². The largest absolute Gasteiger partial charge is 0.457 e. The molecular formula is C67H49NO. The highest BCUT2D eigenvalue weighted by Gasteiger charge is 2.49. The van der Waals surface area contributed by atoms with Crippen molar-refractivity contribution in [3.8, 4) is 67.1 Å². The first-order valence-electron chi connectivity index (χ1n) is 24.3. The number of benzene rings is 10. The van der Waals surface area contributed by atoms with Crippen LogP contribution in [0, 0.1) is 0 Å². The van der Waals surface area contributed by atoms with E-state index >= 15 is 0 Å². The summed E-state index contributed by atoms with van der Waals surface area (Å²) in [6, 6.07) is 83.8. The van der Waals surface area contributed by atoms with Crippen molar-refractivity contribution in [2.24, 2.45) is 0 Å². The minimum absolute atomic E-state index is 0.145. The minimum Gasteiger partial charge on any atom is -0.457 e. The summed E-state index contributed by atoms with van der Waals surface area (Å²) in [5, 5.41) is 0. The van der Waals surface area contributed by atoms with Gasteiger partial charge in [-0.25, -0.2) is 0 Å². The Morgan fingerprint density at radius 1 is 0.275 bits per heavy atom. The molecule has 1 heterocycles. The van der Waals surface area contributed by atoms with E-state index in [-0.39, 0.29) is 10.8 Å². The lowest BCUT2D eigenvalue weighted by Crippen LogP contribution is -2.34. The average Bonchev–Trinajstić information content (AvgIpc) is 3.72. The van der Waals surface area contributed by atoms with E-state index in [1.807, 2.05) is 0 Å². The lowest BCUT2D eigenvalue weighted by atomic mass is 9.62. The Hall–Kier alpha value is -8.20. The third kappa shape index (κ3) is 5.49. The van der Waals surface area contributed by atoms with Crippen LogP contribution in [0.2, 0.25) is 0 Å². The number of hydrogen-bond donors (Lipinski definition) is 0. The van der Waals surface area contributed by atoms with Crippen LogP contribution in [0.4, 0.5) is 17.1 Å². The van der Waals surface area contributed by atoms with Crippen molar-refractivity contribution in [2.75, 3.05) is 4.90 Å². The fourth-order valence-corrected chi connectivity index (χ4v) is 12.9. The lowest BCUT2D eigenvalue weighted by Gasteiger charge is -2.42. The zero-order valence-electron chi connectivity index (χ0n) is 39.2. The highest BCUT2D eigenvalue weighted by molar-refractivity contribution is 5.95. The molecule has 3 aliphatic carbocycles. The van der Waals surface area contributed by atoms with E-state index in [9.17, 15) is 0 Å². The van der Waals surface area contributed by atoms with Crippen LogP contribution in [0.15, 0.2) is 224 Å². The fourth-order valence-electron chi connectivity index (χ4n) is 12.9. The molecule has 0 amide bonds. The molecule has 14 rings (SSSR count). The van der Waals surface area contributed by atoms with Gasteiger partial charge in [0.2, 0.25) is 0 Å². The van der Waals surface area contributed by atoms with Gasteiger partial charge in [-0.3, -0.25) is 0 Å². The third-order valence-corrected chi connectivity index (χ3v) is 16.2. The van der Waals surface area contributed by atoms with Crippen molar-refractivity contribution in [2.45, 2.75) is 43.9 Å². The van der Waals surface area contributed by atoms with Gasteiger partial charge in [0, 0.05) is 39.0 Å². The van der Waals surface area contributed by atoms with E-state index in [0.717, 1.165) is 50.8 Å². The van der Waals surface area contributed by atoms with E-state index in [1.54, 1.807) is 0 Å². The maximum absolute atomic E-state index is 6.97. The highest BCUT2D eigenvalue weighted by Crippen LogP contribution is 2.61. The highest BCUT2D eigenvalue weighted by atomic mass is 16.5. The van der Waals surface area contributed by atoms with Crippen molar-refractivity contribution in [3.63, 3.8) is 0 Å². The number of para-hydroxylation sites is 1. The smallest absolute Gasteiger partial charge is 0.132 e. The molecule has 0 unspecified atom stereocenters. The third-order valence-electron chi connectivity index (χ3n) is 16.2.